The molecule has 1 amide bonds. The van der Waals surface area contributed by atoms with Crippen LogP contribution in [0.2, 0.25) is 0 Å². The molecule has 6 heteroatoms. The van der Waals surface area contributed by atoms with Crippen LogP contribution >= 0.6 is 31.9 Å². The van der Waals surface area contributed by atoms with Gasteiger partial charge >= 0.3 is 0 Å². The number of rotatable bonds is 3. The first-order chi connectivity index (χ1) is 9.11. The molecule has 2 N–H and O–H groups in total. The third-order valence-corrected chi connectivity index (χ3v) is 4.44. The van der Waals surface area contributed by atoms with Gasteiger partial charge in [0, 0.05) is 17.1 Å². The number of amides is 1. The molecule has 1 atom stereocenters. The summed E-state index contributed by atoms with van der Waals surface area (Å²) in [5.41, 5.74) is 0.732. The lowest BCUT2D eigenvalue weighted by Gasteiger charge is -2.22. The first-order valence-corrected chi connectivity index (χ1v) is 7.75. The summed E-state index contributed by atoms with van der Waals surface area (Å²) in [7, 11) is 1.60. The molecule has 0 aliphatic carbocycles. The fraction of sp³-hybridized carbons (Fsp3) is 0.462. The van der Waals surface area contributed by atoms with E-state index in [-0.39, 0.29) is 11.8 Å². The summed E-state index contributed by atoms with van der Waals surface area (Å²) in [6.45, 7) is 1.75. The van der Waals surface area contributed by atoms with Gasteiger partial charge in [0.15, 0.2) is 0 Å². The molecule has 0 aromatic heterocycles. The molecule has 0 saturated carbocycles. The van der Waals surface area contributed by atoms with E-state index in [4.69, 9.17) is 4.74 Å². The second-order valence-corrected chi connectivity index (χ2v) is 6.21. The number of nitrogens with one attached hydrogen (secondary N) is 2. The van der Waals surface area contributed by atoms with Crippen LogP contribution in [0.3, 0.4) is 0 Å². The van der Waals surface area contributed by atoms with Crippen LogP contribution in [0, 0.1) is 5.92 Å². The average Bonchev–Trinajstić information content (AvgIpc) is 2.42. The topological polar surface area (TPSA) is 50.4 Å². The van der Waals surface area contributed by atoms with Crippen molar-refractivity contribution in [3.05, 3.63) is 21.1 Å². The Morgan fingerprint density at radius 2 is 2.21 bits per heavy atom. The van der Waals surface area contributed by atoms with Gasteiger partial charge in [0.2, 0.25) is 5.91 Å². The minimum absolute atomic E-state index is 0.0373. The maximum atomic E-state index is 12.2. The van der Waals surface area contributed by atoms with E-state index in [0.717, 1.165) is 40.6 Å². The Morgan fingerprint density at radius 3 is 2.84 bits per heavy atom. The van der Waals surface area contributed by atoms with Gasteiger partial charge in [-0.15, -0.1) is 0 Å². The molecule has 0 bridgehead atoms. The Kier molecular flexibility index (Phi) is 5.24. The first-order valence-electron chi connectivity index (χ1n) is 6.16. The maximum absolute atomic E-state index is 12.2. The molecule has 1 heterocycles. The zero-order chi connectivity index (χ0) is 13.8. The van der Waals surface area contributed by atoms with Crippen molar-refractivity contribution >= 4 is 43.5 Å². The number of hydrogen-bond donors (Lipinski definition) is 2. The normalized spacial score (nSPS) is 19.0. The molecule has 104 valence electrons. The number of anilines is 1. The van der Waals surface area contributed by atoms with Gasteiger partial charge in [-0.25, -0.2) is 0 Å². The lowest BCUT2D eigenvalue weighted by molar-refractivity contribution is -0.120. The Balaban J connectivity index is 2.11. The van der Waals surface area contributed by atoms with Crippen LogP contribution in [0.15, 0.2) is 21.1 Å². The van der Waals surface area contributed by atoms with Crippen molar-refractivity contribution in [2.45, 2.75) is 12.8 Å². The molecule has 4 nitrogen and oxygen atoms in total. The molecular weight excluding hydrogens is 376 g/mol. The fourth-order valence-corrected chi connectivity index (χ4v) is 3.35. The maximum Gasteiger partial charge on any atom is 0.228 e. The summed E-state index contributed by atoms with van der Waals surface area (Å²) < 4.78 is 6.91. The monoisotopic (exact) mass is 390 g/mol. The predicted molar refractivity (Wildman–Crippen MR) is 82.6 cm³/mol. The lowest BCUT2D eigenvalue weighted by Crippen LogP contribution is -2.37. The molecule has 0 radical (unpaired) electrons. The van der Waals surface area contributed by atoms with Crippen LogP contribution in [-0.2, 0) is 4.79 Å². The summed E-state index contributed by atoms with van der Waals surface area (Å²) >= 11 is 6.85. The number of hydrogen-bond acceptors (Lipinski definition) is 3. The van der Waals surface area contributed by atoms with Gasteiger partial charge in [-0.05, 0) is 57.3 Å². The van der Waals surface area contributed by atoms with Crippen molar-refractivity contribution in [3.63, 3.8) is 0 Å². The van der Waals surface area contributed by atoms with Crippen molar-refractivity contribution in [1.82, 2.24) is 5.32 Å². The first kappa shape index (κ1) is 14.8. The van der Waals surface area contributed by atoms with Crippen LogP contribution in [0.1, 0.15) is 12.8 Å². The minimum Gasteiger partial charge on any atom is -0.495 e. The standard InChI is InChI=1S/C13H16Br2N2O2/c1-19-12-6-11(9(14)5-10(12)15)17-13(18)8-3-2-4-16-7-8/h5-6,8,16H,2-4,7H2,1H3,(H,17,18). The molecule has 1 aromatic carbocycles. The van der Waals surface area contributed by atoms with Gasteiger partial charge in [-0.1, -0.05) is 0 Å². The van der Waals surface area contributed by atoms with Crippen molar-refractivity contribution < 1.29 is 9.53 Å². The summed E-state index contributed by atoms with van der Waals surface area (Å²) in [5, 5.41) is 6.20. The number of piperidine rings is 1. The molecule has 1 fully saturated rings. The fourth-order valence-electron chi connectivity index (χ4n) is 2.09. The second kappa shape index (κ2) is 6.72. The van der Waals surface area contributed by atoms with E-state index in [1.54, 1.807) is 7.11 Å². The van der Waals surface area contributed by atoms with Crippen LogP contribution in [0.4, 0.5) is 5.69 Å². The third-order valence-electron chi connectivity index (χ3n) is 3.17. The minimum atomic E-state index is 0.0373. The van der Waals surface area contributed by atoms with Crippen molar-refractivity contribution in [2.75, 3.05) is 25.5 Å². The van der Waals surface area contributed by atoms with Gasteiger partial charge in [0.1, 0.15) is 5.75 Å². The van der Waals surface area contributed by atoms with E-state index >= 15 is 0 Å². The Labute approximate surface area is 129 Å². The summed E-state index contributed by atoms with van der Waals surface area (Å²) in [6.07, 6.45) is 1.98. The summed E-state index contributed by atoms with van der Waals surface area (Å²) in [4.78, 5) is 12.2. The van der Waals surface area contributed by atoms with Gasteiger partial charge in [0.25, 0.3) is 0 Å². The van der Waals surface area contributed by atoms with Gasteiger partial charge in [0.05, 0.1) is 23.2 Å². The van der Waals surface area contributed by atoms with Crippen molar-refractivity contribution in [3.8, 4) is 5.75 Å². The smallest absolute Gasteiger partial charge is 0.228 e. The van der Waals surface area contributed by atoms with Crippen LogP contribution < -0.4 is 15.4 Å². The number of carbonyl (C=O) groups is 1. The van der Waals surface area contributed by atoms with E-state index in [1.807, 2.05) is 12.1 Å². The molecule has 1 aliphatic rings. The number of benzene rings is 1. The van der Waals surface area contributed by atoms with Crippen LogP contribution in [0.25, 0.3) is 0 Å². The number of methoxy groups -OCH3 is 1. The highest BCUT2D eigenvalue weighted by Gasteiger charge is 2.21. The van der Waals surface area contributed by atoms with Gasteiger partial charge in [-0.3, -0.25) is 4.79 Å². The third kappa shape index (κ3) is 3.70. The highest BCUT2D eigenvalue weighted by Crippen LogP contribution is 2.34. The van der Waals surface area contributed by atoms with E-state index in [1.165, 1.54) is 0 Å². The lowest BCUT2D eigenvalue weighted by atomic mass is 9.99. The molecule has 19 heavy (non-hydrogen) atoms. The second-order valence-electron chi connectivity index (χ2n) is 4.50. The number of halogens is 2. The summed E-state index contributed by atoms with van der Waals surface area (Å²) in [5.74, 6) is 0.785. The largest absolute Gasteiger partial charge is 0.495 e. The highest BCUT2D eigenvalue weighted by molar-refractivity contribution is 9.11. The zero-order valence-corrected chi connectivity index (χ0v) is 13.8. The molecular formula is C13H16Br2N2O2. The van der Waals surface area contributed by atoms with E-state index < -0.39 is 0 Å². The molecule has 1 saturated heterocycles. The molecule has 1 unspecified atom stereocenters. The van der Waals surface area contributed by atoms with Gasteiger partial charge in [-0.2, -0.15) is 0 Å². The van der Waals surface area contributed by atoms with Crippen LogP contribution in [0.5, 0.6) is 5.75 Å². The zero-order valence-electron chi connectivity index (χ0n) is 10.6. The van der Waals surface area contributed by atoms with E-state index in [9.17, 15) is 4.79 Å². The highest BCUT2D eigenvalue weighted by atomic mass is 79.9. The molecule has 1 aromatic rings. The van der Waals surface area contributed by atoms with Crippen molar-refractivity contribution in [1.29, 1.82) is 0 Å². The molecule has 1 aliphatic heterocycles. The quantitative estimate of drug-likeness (QED) is 0.831. The summed E-state index contributed by atoms with van der Waals surface area (Å²) in [6, 6.07) is 3.68. The Bertz CT molecular complexity index is 474. The van der Waals surface area contributed by atoms with Crippen molar-refractivity contribution in [2.24, 2.45) is 5.92 Å². The average molecular weight is 392 g/mol. The predicted octanol–water partition coefficient (Wildman–Crippen LogP) is 3.16. The SMILES string of the molecule is COc1cc(NC(=O)C2CCCNC2)c(Br)cc1Br. The Hall–Kier alpha value is -0.590. The molecule has 0 spiro atoms. The van der Waals surface area contributed by atoms with E-state index in [2.05, 4.69) is 42.5 Å². The number of ether oxygens (including phenoxy) is 1. The Morgan fingerprint density at radius 1 is 1.42 bits per heavy atom. The van der Waals surface area contributed by atoms with Gasteiger partial charge < -0.3 is 15.4 Å². The van der Waals surface area contributed by atoms with Crippen LogP contribution in [-0.4, -0.2) is 26.1 Å². The molecule has 2 rings (SSSR count). The number of carbonyl (C=O) groups excluding carboxylic acids is 1. The van der Waals surface area contributed by atoms with E-state index in [0.29, 0.717) is 5.75 Å².